The molecule has 0 saturated carbocycles. The van der Waals surface area contributed by atoms with Gasteiger partial charge in [-0.05, 0) is 6.42 Å². The highest BCUT2D eigenvalue weighted by atomic mass is 32.2. The van der Waals surface area contributed by atoms with Crippen LogP contribution >= 0.6 is 11.8 Å². The zero-order valence-corrected chi connectivity index (χ0v) is 10.7. The lowest BCUT2D eigenvalue weighted by Gasteiger charge is -2.10. The van der Waals surface area contributed by atoms with E-state index in [4.69, 9.17) is 4.74 Å². The molecule has 0 radical (unpaired) electrons. The van der Waals surface area contributed by atoms with Gasteiger partial charge in [-0.15, -0.1) is 0 Å². The van der Waals surface area contributed by atoms with Gasteiger partial charge in [-0.3, -0.25) is 4.68 Å². The van der Waals surface area contributed by atoms with Crippen LogP contribution in [0.3, 0.4) is 0 Å². The molecule has 5 heteroatoms. The molecule has 1 aliphatic rings. The number of rotatable bonds is 5. The number of hydrogen-bond donors (Lipinski definition) is 1. The van der Waals surface area contributed by atoms with Crippen molar-refractivity contribution < 1.29 is 4.74 Å². The van der Waals surface area contributed by atoms with Crippen LogP contribution in [0.25, 0.3) is 0 Å². The molecule has 2 unspecified atom stereocenters. The van der Waals surface area contributed by atoms with Gasteiger partial charge in [-0.25, -0.2) is 0 Å². The molecule has 1 aromatic heterocycles. The lowest BCUT2D eigenvalue weighted by atomic mass is 10.2. The fourth-order valence-corrected chi connectivity index (χ4v) is 3.05. The fourth-order valence-electron chi connectivity index (χ4n) is 1.90. The standard InChI is InChI=1S/C11H19N3OS/c1-9-5-10(8-16-9)13-11-6-12-14(7-11)3-4-15-2/h6-7,9-10,13H,3-5,8H2,1-2H3. The Morgan fingerprint density at radius 3 is 3.25 bits per heavy atom. The summed E-state index contributed by atoms with van der Waals surface area (Å²) in [5.74, 6) is 1.20. The van der Waals surface area contributed by atoms with Crippen molar-refractivity contribution in [3.63, 3.8) is 0 Å². The maximum atomic E-state index is 5.02. The highest BCUT2D eigenvalue weighted by Gasteiger charge is 2.21. The molecule has 0 aliphatic carbocycles. The smallest absolute Gasteiger partial charge is 0.0728 e. The van der Waals surface area contributed by atoms with E-state index >= 15 is 0 Å². The second-order valence-corrected chi connectivity index (χ2v) is 5.68. The van der Waals surface area contributed by atoms with Crippen LogP contribution in [0, 0.1) is 0 Å². The Hall–Kier alpha value is -0.680. The molecular weight excluding hydrogens is 222 g/mol. The van der Waals surface area contributed by atoms with Gasteiger partial charge in [0, 0.05) is 30.4 Å². The molecule has 1 aromatic rings. The molecule has 2 rings (SSSR count). The number of thioether (sulfide) groups is 1. The summed E-state index contributed by atoms with van der Waals surface area (Å²) < 4.78 is 6.93. The fraction of sp³-hybridized carbons (Fsp3) is 0.727. The van der Waals surface area contributed by atoms with Gasteiger partial charge in [0.2, 0.25) is 0 Å². The van der Waals surface area contributed by atoms with Crippen LogP contribution in [0.4, 0.5) is 5.69 Å². The normalized spacial score (nSPS) is 24.9. The van der Waals surface area contributed by atoms with Crippen molar-refractivity contribution in [1.29, 1.82) is 0 Å². The van der Waals surface area contributed by atoms with Crippen molar-refractivity contribution >= 4 is 17.4 Å². The molecule has 16 heavy (non-hydrogen) atoms. The molecule has 90 valence electrons. The molecule has 4 nitrogen and oxygen atoms in total. The Kier molecular flexibility index (Phi) is 4.12. The zero-order valence-electron chi connectivity index (χ0n) is 9.85. The van der Waals surface area contributed by atoms with Crippen molar-refractivity contribution in [1.82, 2.24) is 9.78 Å². The Balaban J connectivity index is 1.83. The van der Waals surface area contributed by atoms with Crippen molar-refractivity contribution in [3.05, 3.63) is 12.4 Å². The summed E-state index contributed by atoms with van der Waals surface area (Å²) in [6, 6.07) is 0.597. The average molecular weight is 241 g/mol. The third-order valence-corrected chi connectivity index (χ3v) is 4.08. The first-order chi connectivity index (χ1) is 7.78. The van der Waals surface area contributed by atoms with Crippen molar-refractivity contribution in [2.45, 2.75) is 31.2 Å². The first-order valence-electron chi connectivity index (χ1n) is 5.67. The Labute approximate surface area is 101 Å². The molecule has 0 amide bonds. The summed E-state index contributed by atoms with van der Waals surface area (Å²) in [5, 5.41) is 8.58. The molecule has 0 bridgehead atoms. The van der Waals surface area contributed by atoms with Gasteiger partial charge in [0.1, 0.15) is 0 Å². The second-order valence-electron chi connectivity index (χ2n) is 4.21. The maximum Gasteiger partial charge on any atom is 0.0728 e. The summed E-state index contributed by atoms with van der Waals surface area (Å²) >= 11 is 2.04. The molecule has 0 spiro atoms. The summed E-state index contributed by atoms with van der Waals surface area (Å²) in [7, 11) is 1.71. The monoisotopic (exact) mass is 241 g/mol. The number of nitrogens with zero attached hydrogens (tertiary/aromatic N) is 2. The Bertz CT molecular complexity index is 329. The average Bonchev–Trinajstić information content (AvgIpc) is 2.86. The van der Waals surface area contributed by atoms with Crippen LogP contribution in [0.2, 0.25) is 0 Å². The molecule has 1 aliphatic heterocycles. The van der Waals surface area contributed by atoms with Crippen molar-refractivity contribution in [2.24, 2.45) is 0 Å². The minimum Gasteiger partial charge on any atom is -0.383 e. The van der Waals surface area contributed by atoms with E-state index in [2.05, 4.69) is 17.3 Å². The quantitative estimate of drug-likeness (QED) is 0.853. The summed E-state index contributed by atoms with van der Waals surface area (Å²) in [4.78, 5) is 0. The lowest BCUT2D eigenvalue weighted by molar-refractivity contribution is 0.183. The van der Waals surface area contributed by atoms with Gasteiger partial charge >= 0.3 is 0 Å². The van der Waals surface area contributed by atoms with Crippen molar-refractivity contribution in [3.8, 4) is 0 Å². The van der Waals surface area contributed by atoms with Crippen LogP contribution in [0.5, 0.6) is 0 Å². The third-order valence-electron chi connectivity index (χ3n) is 2.73. The zero-order chi connectivity index (χ0) is 11.4. The Morgan fingerprint density at radius 2 is 2.56 bits per heavy atom. The SMILES string of the molecule is COCCn1cc(NC2CSC(C)C2)cn1. The topological polar surface area (TPSA) is 39.1 Å². The van der Waals surface area contributed by atoms with Crippen LogP contribution < -0.4 is 5.32 Å². The van der Waals surface area contributed by atoms with E-state index in [0.29, 0.717) is 12.6 Å². The van der Waals surface area contributed by atoms with Crippen LogP contribution in [0.15, 0.2) is 12.4 Å². The highest BCUT2D eigenvalue weighted by molar-refractivity contribution is 8.00. The molecule has 1 N–H and O–H groups in total. The number of anilines is 1. The predicted molar refractivity (Wildman–Crippen MR) is 68.1 cm³/mol. The Morgan fingerprint density at radius 1 is 1.69 bits per heavy atom. The molecule has 2 heterocycles. The van der Waals surface area contributed by atoms with E-state index in [9.17, 15) is 0 Å². The van der Waals surface area contributed by atoms with Gasteiger partial charge in [-0.1, -0.05) is 6.92 Å². The van der Waals surface area contributed by atoms with E-state index in [0.717, 1.165) is 17.5 Å². The van der Waals surface area contributed by atoms with E-state index < -0.39 is 0 Å². The second kappa shape index (κ2) is 5.59. The molecule has 0 aromatic carbocycles. The molecule has 2 atom stereocenters. The predicted octanol–water partition coefficient (Wildman–Crippen LogP) is 1.84. The molecule has 1 saturated heterocycles. The third kappa shape index (κ3) is 3.15. The number of nitrogens with one attached hydrogen (secondary N) is 1. The number of methoxy groups -OCH3 is 1. The largest absolute Gasteiger partial charge is 0.383 e. The first-order valence-corrected chi connectivity index (χ1v) is 6.72. The van der Waals surface area contributed by atoms with Gasteiger partial charge in [0.25, 0.3) is 0 Å². The van der Waals surface area contributed by atoms with Crippen LogP contribution in [-0.2, 0) is 11.3 Å². The minimum absolute atomic E-state index is 0.597. The number of aromatic nitrogens is 2. The highest BCUT2D eigenvalue weighted by Crippen LogP contribution is 2.28. The molecular formula is C11H19N3OS. The van der Waals surface area contributed by atoms with Crippen LogP contribution in [-0.4, -0.2) is 40.5 Å². The van der Waals surface area contributed by atoms with Gasteiger partial charge in [0.15, 0.2) is 0 Å². The summed E-state index contributed by atoms with van der Waals surface area (Å²) in [6.45, 7) is 3.81. The molecule has 1 fully saturated rings. The minimum atomic E-state index is 0.597. The lowest BCUT2D eigenvalue weighted by Crippen LogP contribution is -2.18. The van der Waals surface area contributed by atoms with E-state index in [1.165, 1.54) is 12.2 Å². The number of ether oxygens (including phenoxy) is 1. The van der Waals surface area contributed by atoms with E-state index in [-0.39, 0.29) is 0 Å². The van der Waals surface area contributed by atoms with Crippen molar-refractivity contribution in [2.75, 3.05) is 24.8 Å². The van der Waals surface area contributed by atoms with E-state index in [1.807, 2.05) is 28.8 Å². The van der Waals surface area contributed by atoms with Crippen LogP contribution in [0.1, 0.15) is 13.3 Å². The van der Waals surface area contributed by atoms with Gasteiger partial charge in [-0.2, -0.15) is 16.9 Å². The van der Waals surface area contributed by atoms with E-state index in [1.54, 1.807) is 7.11 Å². The van der Waals surface area contributed by atoms with Gasteiger partial charge in [0.05, 0.1) is 25.0 Å². The summed E-state index contributed by atoms with van der Waals surface area (Å²) in [6.07, 6.45) is 5.18. The van der Waals surface area contributed by atoms with Gasteiger partial charge < -0.3 is 10.1 Å². The number of hydrogen-bond acceptors (Lipinski definition) is 4. The first kappa shape index (κ1) is 11.8. The maximum absolute atomic E-state index is 5.02. The summed E-state index contributed by atoms with van der Waals surface area (Å²) in [5.41, 5.74) is 1.12.